The number of pyridine rings is 1. The Morgan fingerprint density at radius 3 is 2.57 bits per heavy atom. The number of carboxylic acid groups (broad SMARTS) is 1. The summed E-state index contributed by atoms with van der Waals surface area (Å²) in [4.78, 5) is 28.2. The van der Waals surface area contributed by atoms with Crippen molar-refractivity contribution in [3.05, 3.63) is 112 Å². The number of carbonyl (C=O) groups is 2. The SMILES string of the molecule is COC(=O)Cc1ccccc1CCC(SCC1(CC(=O)O)CC1)c1cccc(/C=C/c2ccc3ccc(Cl)cc3n2)c1. The van der Waals surface area contributed by atoms with E-state index in [2.05, 4.69) is 36.4 Å². The Balaban J connectivity index is 1.36. The average Bonchev–Trinajstić information content (AvgIpc) is 3.75. The maximum atomic E-state index is 12.0. The maximum absolute atomic E-state index is 12.0. The quantitative estimate of drug-likeness (QED) is 0.155. The number of hydrogen-bond acceptors (Lipinski definition) is 5. The number of hydrogen-bond donors (Lipinski definition) is 1. The van der Waals surface area contributed by atoms with Gasteiger partial charge < -0.3 is 9.84 Å². The van der Waals surface area contributed by atoms with Crippen LogP contribution in [0.25, 0.3) is 23.1 Å². The molecule has 1 unspecified atom stereocenters. The summed E-state index contributed by atoms with van der Waals surface area (Å²) < 4.78 is 4.91. The van der Waals surface area contributed by atoms with Crippen LogP contribution in [0.2, 0.25) is 5.02 Å². The van der Waals surface area contributed by atoms with Gasteiger partial charge in [-0.15, -0.1) is 0 Å². The van der Waals surface area contributed by atoms with Crippen LogP contribution in [0.5, 0.6) is 0 Å². The van der Waals surface area contributed by atoms with E-state index in [1.807, 2.05) is 66.4 Å². The van der Waals surface area contributed by atoms with Crippen LogP contribution in [-0.2, 0) is 27.2 Å². The molecule has 216 valence electrons. The van der Waals surface area contributed by atoms with Gasteiger partial charge in [0.25, 0.3) is 0 Å². The number of nitrogens with zero attached hydrogens (tertiary/aromatic N) is 1. The van der Waals surface area contributed by atoms with E-state index in [1.165, 1.54) is 12.7 Å². The number of halogens is 1. The van der Waals surface area contributed by atoms with E-state index in [9.17, 15) is 14.7 Å². The second-order valence-electron chi connectivity index (χ2n) is 11.0. The Morgan fingerprint density at radius 1 is 1.02 bits per heavy atom. The molecule has 1 aliphatic rings. The molecule has 0 saturated heterocycles. The van der Waals surface area contributed by atoms with Crippen LogP contribution < -0.4 is 0 Å². The fourth-order valence-corrected chi connectivity index (χ4v) is 6.96. The molecule has 5 nitrogen and oxygen atoms in total. The molecule has 0 amide bonds. The van der Waals surface area contributed by atoms with Gasteiger partial charge in [-0.05, 0) is 77.6 Å². The molecule has 3 aromatic carbocycles. The van der Waals surface area contributed by atoms with Crippen molar-refractivity contribution in [2.24, 2.45) is 5.41 Å². The zero-order valence-corrected chi connectivity index (χ0v) is 25.2. The normalized spacial score (nSPS) is 14.6. The van der Waals surface area contributed by atoms with Gasteiger partial charge in [0.2, 0.25) is 0 Å². The zero-order chi connectivity index (χ0) is 29.5. The number of methoxy groups -OCH3 is 1. The highest BCUT2D eigenvalue weighted by molar-refractivity contribution is 7.99. The molecular formula is C35H34ClNO4S. The Hall–Kier alpha value is -3.61. The van der Waals surface area contributed by atoms with Gasteiger partial charge in [-0.25, -0.2) is 4.98 Å². The van der Waals surface area contributed by atoms with Gasteiger partial charge in [0, 0.05) is 21.4 Å². The van der Waals surface area contributed by atoms with Crippen LogP contribution in [0.3, 0.4) is 0 Å². The van der Waals surface area contributed by atoms with Gasteiger partial charge in [0.05, 0.1) is 31.2 Å². The van der Waals surface area contributed by atoms with Crippen LogP contribution in [-0.4, -0.2) is 34.9 Å². The number of carbonyl (C=O) groups excluding carboxylic acids is 1. The van der Waals surface area contributed by atoms with Gasteiger partial charge in [0.1, 0.15) is 0 Å². The number of ether oxygens (including phenoxy) is 1. The van der Waals surface area contributed by atoms with Crippen LogP contribution in [0.1, 0.15) is 58.9 Å². The molecule has 0 bridgehead atoms. The van der Waals surface area contributed by atoms with Crippen LogP contribution in [0.15, 0.2) is 78.9 Å². The van der Waals surface area contributed by atoms with Gasteiger partial charge in [-0.3, -0.25) is 9.59 Å². The smallest absolute Gasteiger partial charge is 0.309 e. The summed E-state index contributed by atoms with van der Waals surface area (Å²) in [6.07, 6.45) is 8.16. The largest absolute Gasteiger partial charge is 0.481 e. The Bertz CT molecular complexity index is 1610. The highest BCUT2D eigenvalue weighted by Gasteiger charge is 2.44. The van der Waals surface area contributed by atoms with E-state index in [1.54, 1.807) is 0 Å². The first-order chi connectivity index (χ1) is 20.3. The molecule has 0 radical (unpaired) electrons. The summed E-state index contributed by atoms with van der Waals surface area (Å²) in [5, 5.41) is 11.3. The second kappa shape index (κ2) is 13.6. The maximum Gasteiger partial charge on any atom is 0.309 e. The molecule has 5 rings (SSSR count). The van der Waals surface area contributed by atoms with Gasteiger partial charge >= 0.3 is 11.9 Å². The number of benzene rings is 3. The number of aryl methyl sites for hydroxylation is 1. The highest BCUT2D eigenvalue weighted by Crippen LogP contribution is 2.53. The van der Waals surface area contributed by atoms with Crippen molar-refractivity contribution in [2.75, 3.05) is 12.9 Å². The summed E-state index contributed by atoms with van der Waals surface area (Å²) in [5.41, 5.74) is 6.02. The van der Waals surface area contributed by atoms with Gasteiger partial charge in [-0.1, -0.05) is 78.3 Å². The zero-order valence-electron chi connectivity index (χ0n) is 23.6. The molecule has 1 N–H and O–H groups in total. The molecule has 1 heterocycles. The molecule has 42 heavy (non-hydrogen) atoms. The lowest BCUT2D eigenvalue weighted by Crippen LogP contribution is -2.13. The molecule has 1 aromatic heterocycles. The van der Waals surface area contributed by atoms with E-state index in [-0.39, 0.29) is 29.5 Å². The van der Waals surface area contributed by atoms with Crippen molar-refractivity contribution >= 4 is 58.4 Å². The first kappa shape index (κ1) is 29.9. The second-order valence-corrected chi connectivity index (χ2v) is 12.6. The van der Waals surface area contributed by atoms with Gasteiger partial charge in [0.15, 0.2) is 0 Å². The molecule has 0 aliphatic heterocycles. The monoisotopic (exact) mass is 599 g/mol. The summed E-state index contributed by atoms with van der Waals surface area (Å²) in [5.74, 6) is -0.156. The van der Waals surface area contributed by atoms with Crippen molar-refractivity contribution in [2.45, 2.75) is 43.8 Å². The van der Waals surface area contributed by atoms with Crippen molar-refractivity contribution in [3.8, 4) is 0 Å². The van der Waals surface area contributed by atoms with E-state index in [0.29, 0.717) is 5.02 Å². The van der Waals surface area contributed by atoms with Crippen molar-refractivity contribution < 1.29 is 19.4 Å². The molecule has 1 atom stereocenters. The van der Waals surface area contributed by atoms with Crippen LogP contribution >= 0.6 is 23.4 Å². The Morgan fingerprint density at radius 2 is 1.81 bits per heavy atom. The van der Waals surface area contributed by atoms with E-state index in [0.717, 1.165) is 64.7 Å². The standard InChI is InChI=1S/C35H34ClNO4S/c1-41-34(40)20-27-7-3-2-6-25(27)12-16-32(42-23-35(17-18-35)22-33(38)39)28-8-4-5-24(19-28)9-14-30-15-11-26-10-13-29(36)21-31(26)37-30/h2-11,13-15,19,21,32H,12,16-18,20,22-23H2,1H3,(H,38,39)/b14-9+. The number of rotatable bonds is 13. The number of fused-ring (bicyclic) bond motifs is 1. The minimum absolute atomic E-state index is 0.0975. The van der Waals surface area contributed by atoms with E-state index < -0.39 is 5.97 Å². The summed E-state index contributed by atoms with van der Waals surface area (Å²) >= 11 is 8.02. The predicted molar refractivity (Wildman–Crippen MR) is 172 cm³/mol. The molecular weight excluding hydrogens is 566 g/mol. The minimum Gasteiger partial charge on any atom is -0.481 e. The third-order valence-corrected chi connectivity index (χ3v) is 9.76. The summed E-state index contributed by atoms with van der Waals surface area (Å²) in [7, 11) is 1.41. The predicted octanol–water partition coefficient (Wildman–Crippen LogP) is 8.44. The average molecular weight is 600 g/mol. The van der Waals surface area contributed by atoms with E-state index in [4.69, 9.17) is 21.3 Å². The van der Waals surface area contributed by atoms with Crippen molar-refractivity contribution in [1.82, 2.24) is 4.98 Å². The highest BCUT2D eigenvalue weighted by atomic mass is 35.5. The lowest BCUT2D eigenvalue weighted by Gasteiger charge is -2.21. The number of aromatic nitrogens is 1. The molecule has 4 aromatic rings. The topological polar surface area (TPSA) is 76.5 Å². The molecule has 7 heteroatoms. The first-order valence-corrected chi connectivity index (χ1v) is 15.6. The van der Waals surface area contributed by atoms with Crippen LogP contribution in [0.4, 0.5) is 0 Å². The number of esters is 1. The molecule has 0 spiro atoms. The third kappa shape index (κ3) is 8.02. The van der Waals surface area contributed by atoms with Crippen molar-refractivity contribution in [3.63, 3.8) is 0 Å². The fourth-order valence-electron chi connectivity index (χ4n) is 5.22. The molecule has 1 saturated carbocycles. The van der Waals surface area contributed by atoms with Crippen LogP contribution in [0, 0.1) is 5.41 Å². The lowest BCUT2D eigenvalue weighted by atomic mass is 9.97. The minimum atomic E-state index is -0.724. The fraction of sp³-hybridized carbons (Fsp3) is 0.286. The Labute approximate surface area is 256 Å². The number of aliphatic carboxylic acids is 1. The van der Waals surface area contributed by atoms with E-state index >= 15 is 0 Å². The van der Waals surface area contributed by atoms with Crippen molar-refractivity contribution in [1.29, 1.82) is 0 Å². The first-order valence-electron chi connectivity index (χ1n) is 14.1. The summed E-state index contributed by atoms with van der Waals surface area (Å²) in [6, 6.07) is 26.3. The summed E-state index contributed by atoms with van der Waals surface area (Å²) in [6.45, 7) is 0. The Kier molecular flexibility index (Phi) is 9.65. The number of thioether (sulfide) groups is 1. The number of carboxylic acids is 1. The third-order valence-electron chi connectivity index (χ3n) is 7.84. The lowest BCUT2D eigenvalue weighted by molar-refractivity contribution is -0.140. The van der Waals surface area contributed by atoms with Gasteiger partial charge in [-0.2, -0.15) is 11.8 Å². The molecule has 1 aliphatic carbocycles. The molecule has 1 fully saturated rings.